The van der Waals surface area contributed by atoms with E-state index in [1.54, 1.807) is 0 Å². The molecule has 1 heterocycles. The Kier molecular flexibility index (Phi) is 2.21. The Morgan fingerprint density at radius 3 is 2.69 bits per heavy atom. The molecule has 0 aromatic rings. The highest BCUT2D eigenvalue weighted by molar-refractivity contribution is 5.82. The van der Waals surface area contributed by atoms with Crippen molar-refractivity contribution in [2.75, 3.05) is 13.2 Å². The molecule has 3 atom stereocenters. The van der Waals surface area contributed by atoms with Crippen LogP contribution in [0.25, 0.3) is 0 Å². The molecule has 3 rings (SSSR count). The second-order valence-corrected chi connectivity index (χ2v) is 5.89. The first-order chi connectivity index (χ1) is 7.57. The van der Waals surface area contributed by atoms with Crippen LogP contribution >= 0.6 is 0 Å². The molecular weight excluding hydrogens is 204 g/mol. The number of carbonyl (C=O) groups excluding carboxylic acids is 1. The zero-order valence-electron chi connectivity index (χ0n) is 10.1. The second-order valence-electron chi connectivity index (χ2n) is 5.89. The molecule has 0 aromatic carbocycles. The monoisotopic (exact) mass is 224 g/mol. The van der Waals surface area contributed by atoms with Gasteiger partial charge in [0.2, 0.25) is 0 Å². The molecular formula is C13H20O3. The van der Waals surface area contributed by atoms with Crippen molar-refractivity contribution in [3.63, 3.8) is 0 Å². The molecule has 1 saturated heterocycles. The lowest BCUT2D eigenvalue weighted by molar-refractivity contribution is -0.245. The van der Waals surface area contributed by atoms with E-state index >= 15 is 0 Å². The highest BCUT2D eigenvalue weighted by Crippen LogP contribution is 2.58. The van der Waals surface area contributed by atoms with Gasteiger partial charge in [-0.25, -0.2) is 0 Å². The van der Waals surface area contributed by atoms with E-state index in [1.165, 1.54) is 0 Å². The summed E-state index contributed by atoms with van der Waals surface area (Å²) in [6.45, 7) is 5.87. The first kappa shape index (κ1) is 10.7. The number of carbonyl (C=O) groups is 1. The van der Waals surface area contributed by atoms with Gasteiger partial charge in [0.1, 0.15) is 5.78 Å². The average molecular weight is 224 g/mol. The van der Waals surface area contributed by atoms with Gasteiger partial charge in [0.25, 0.3) is 0 Å². The van der Waals surface area contributed by atoms with Crippen molar-refractivity contribution in [1.29, 1.82) is 0 Å². The van der Waals surface area contributed by atoms with Crippen molar-refractivity contribution >= 4 is 5.78 Å². The molecule has 16 heavy (non-hydrogen) atoms. The lowest BCUT2D eigenvalue weighted by Crippen LogP contribution is -2.51. The van der Waals surface area contributed by atoms with E-state index in [0.29, 0.717) is 37.3 Å². The van der Waals surface area contributed by atoms with Crippen LogP contribution in [0.3, 0.4) is 0 Å². The standard InChI is InChI=1S/C13H20O3/c1-9-12(2)8-11(14)7-10(12)3-4-13(9)15-5-6-16-13/h9-10H,3-8H2,1-2H3/t9-,10+,12+/m0/s1. The van der Waals surface area contributed by atoms with Crippen molar-refractivity contribution in [3.05, 3.63) is 0 Å². The Morgan fingerprint density at radius 1 is 1.31 bits per heavy atom. The zero-order chi connectivity index (χ0) is 11.4. The number of rotatable bonds is 0. The topological polar surface area (TPSA) is 35.5 Å². The average Bonchev–Trinajstić information content (AvgIpc) is 2.80. The van der Waals surface area contributed by atoms with Crippen molar-refractivity contribution in [3.8, 4) is 0 Å². The van der Waals surface area contributed by atoms with Gasteiger partial charge in [0.15, 0.2) is 5.79 Å². The maximum Gasteiger partial charge on any atom is 0.171 e. The third kappa shape index (κ3) is 1.25. The minimum atomic E-state index is -0.379. The molecule has 2 saturated carbocycles. The quantitative estimate of drug-likeness (QED) is 0.632. The summed E-state index contributed by atoms with van der Waals surface area (Å²) in [5, 5.41) is 0. The molecule has 3 nitrogen and oxygen atoms in total. The van der Waals surface area contributed by atoms with Gasteiger partial charge in [-0.2, -0.15) is 0 Å². The summed E-state index contributed by atoms with van der Waals surface area (Å²) in [5.41, 5.74) is 0.0969. The largest absolute Gasteiger partial charge is 0.347 e. The van der Waals surface area contributed by atoms with Crippen molar-refractivity contribution in [2.45, 2.75) is 45.3 Å². The van der Waals surface area contributed by atoms with Crippen LogP contribution in [0.15, 0.2) is 0 Å². The zero-order valence-corrected chi connectivity index (χ0v) is 10.1. The summed E-state index contributed by atoms with van der Waals surface area (Å²) in [4.78, 5) is 11.7. The SMILES string of the molecule is C[C@@H]1C2(CC[C@@H]3CC(=O)C[C@@]31C)OCCO2. The summed E-state index contributed by atoms with van der Waals surface area (Å²) in [7, 11) is 0. The van der Waals surface area contributed by atoms with Gasteiger partial charge < -0.3 is 9.47 Å². The fraction of sp³-hybridized carbons (Fsp3) is 0.923. The van der Waals surface area contributed by atoms with E-state index in [9.17, 15) is 4.79 Å². The van der Waals surface area contributed by atoms with E-state index in [2.05, 4.69) is 13.8 Å². The van der Waals surface area contributed by atoms with Crippen LogP contribution in [-0.2, 0) is 14.3 Å². The Balaban J connectivity index is 1.92. The number of ether oxygens (including phenoxy) is 2. The van der Waals surface area contributed by atoms with Crippen molar-refractivity contribution in [2.24, 2.45) is 17.3 Å². The summed E-state index contributed by atoms with van der Waals surface area (Å²) in [6, 6.07) is 0. The molecule has 0 N–H and O–H groups in total. The van der Waals surface area contributed by atoms with Crippen molar-refractivity contribution < 1.29 is 14.3 Å². The van der Waals surface area contributed by atoms with Crippen LogP contribution in [0.1, 0.15) is 39.5 Å². The fourth-order valence-electron chi connectivity index (χ4n) is 4.05. The van der Waals surface area contributed by atoms with Gasteiger partial charge in [-0.3, -0.25) is 4.79 Å². The predicted octanol–water partition coefficient (Wildman–Crippen LogP) is 2.14. The van der Waals surface area contributed by atoms with Gasteiger partial charge in [0.05, 0.1) is 13.2 Å². The minimum absolute atomic E-state index is 0.0969. The first-order valence-electron chi connectivity index (χ1n) is 6.36. The molecule has 1 spiro atoms. The van der Waals surface area contributed by atoms with Gasteiger partial charge in [-0.15, -0.1) is 0 Å². The maximum atomic E-state index is 11.7. The Hall–Kier alpha value is -0.410. The molecule has 1 aliphatic heterocycles. The molecule has 90 valence electrons. The Labute approximate surface area is 96.5 Å². The number of hydrogen-bond donors (Lipinski definition) is 0. The molecule has 3 fully saturated rings. The number of ketones is 1. The summed E-state index contributed by atoms with van der Waals surface area (Å²) >= 11 is 0. The predicted molar refractivity (Wildman–Crippen MR) is 58.9 cm³/mol. The molecule has 2 aliphatic carbocycles. The van der Waals surface area contributed by atoms with Crippen molar-refractivity contribution in [1.82, 2.24) is 0 Å². The van der Waals surface area contributed by atoms with Gasteiger partial charge in [-0.05, 0) is 17.8 Å². The third-order valence-electron chi connectivity index (χ3n) is 5.25. The van der Waals surface area contributed by atoms with Gasteiger partial charge >= 0.3 is 0 Å². The lowest BCUT2D eigenvalue weighted by atomic mass is 9.61. The molecule has 0 unspecified atom stereocenters. The second kappa shape index (κ2) is 3.30. The van der Waals surface area contributed by atoms with Crippen LogP contribution in [-0.4, -0.2) is 24.8 Å². The summed E-state index contributed by atoms with van der Waals surface area (Å²) < 4.78 is 11.7. The summed E-state index contributed by atoms with van der Waals surface area (Å²) in [6.07, 6.45) is 3.53. The maximum absolute atomic E-state index is 11.7. The fourth-order valence-corrected chi connectivity index (χ4v) is 4.05. The molecule has 3 heteroatoms. The molecule has 0 bridgehead atoms. The molecule has 0 radical (unpaired) electrons. The highest BCUT2D eigenvalue weighted by atomic mass is 16.7. The van der Waals surface area contributed by atoms with Crippen LogP contribution in [0.2, 0.25) is 0 Å². The lowest BCUT2D eigenvalue weighted by Gasteiger charge is -2.50. The van der Waals surface area contributed by atoms with E-state index in [-0.39, 0.29) is 11.2 Å². The molecule has 0 aromatic heterocycles. The normalized spacial score (nSPS) is 46.2. The molecule has 3 aliphatic rings. The smallest absolute Gasteiger partial charge is 0.171 e. The van der Waals surface area contributed by atoms with E-state index in [4.69, 9.17) is 9.47 Å². The first-order valence-corrected chi connectivity index (χ1v) is 6.36. The molecule has 0 amide bonds. The number of hydrogen-bond acceptors (Lipinski definition) is 3. The van der Waals surface area contributed by atoms with Crippen LogP contribution < -0.4 is 0 Å². The van der Waals surface area contributed by atoms with Gasteiger partial charge in [-0.1, -0.05) is 13.8 Å². The van der Waals surface area contributed by atoms with Crippen LogP contribution in [0, 0.1) is 17.3 Å². The summed E-state index contributed by atoms with van der Waals surface area (Å²) in [5.74, 6) is 0.922. The van der Waals surface area contributed by atoms with Gasteiger partial charge in [0, 0.05) is 25.2 Å². The van der Waals surface area contributed by atoms with E-state index < -0.39 is 0 Å². The number of Topliss-reactive ketones (excluding diaryl/α,β-unsaturated/α-hetero) is 1. The Morgan fingerprint density at radius 2 is 2.00 bits per heavy atom. The third-order valence-corrected chi connectivity index (χ3v) is 5.25. The van der Waals surface area contributed by atoms with E-state index in [0.717, 1.165) is 19.3 Å². The Bertz CT molecular complexity index is 319. The minimum Gasteiger partial charge on any atom is -0.347 e. The van der Waals surface area contributed by atoms with Crippen LogP contribution in [0.4, 0.5) is 0 Å². The highest BCUT2D eigenvalue weighted by Gasteiger charge is 2.59. The van der Waals surface area contributed by atoms with E-state index in [1.807, 2.05) is 0 Å². The number of fused-ring (bicyclic) bond motifs is 1. The van der Waals surface area contributed by atoms with Crippen LogP contribution in [0.5, 0.6) is 0 Å².